The highest BCUT2D eigenvalue weighted by Gasteiger charge is 2.50. The van der Waals surface area contributed by atoms with Crippen LogP contribution in [0.25, 0.3) is 0 Å². The van der Waals surface area contributed by atoms with E-state index >= 15 is 0 Å². The van der Waals surface area contributed by atoms with Crippen molar-refractivity contribution in [3.8, 4) is 0 Å². The summed E-state index contributed by atoms with van der Waals surface area (Å²) in [6.07, 6.45) is -7.16. The van der Waals surface area contributed by atoms with E-state index in [1.165, 1.54) is 0 Å². The minimum Gasteiger partial charge on any atom is -0.393 e. The molecule has 2 aliphatic heterocycles. The average Bonchev–Trinajstić information content (AvgIpc) is 2.65. The molecule has 26 heavy (non-hydrogen) atoms. The van der Waals surface area contributed by atoms with Crippen LogP contribution in [0.1, 0.15) is 25.7 Å². The highest BCUT2D eigenvalue weighted by Crippen LogP contribution is 2.34. The topological polar surface area (TPSA) is 180 Å². The molecule has 0 aromatic rings. The van der Waals surface area contributed by atoms with E-state index in [1.54, 1.807) is 0 Å². The summed E-state index contributed by atoms with van der Waals surface area (Å²) in [4.78, 5) is 0. The molecule has 2 rings (SSSR count). The number of rotatable bonds is 7. The third-order valence-electron chi connectivity index (χ3n) is 5.58. The Morgan fingerprint density at radius 1 is 0.654 bits per heavy atom. The van der Waals surface area contributed by atoms with Gasteiger partial charge < -0.3 is 50.3 Å². The molecule has 8 atom stereocenters. The van der Waals surface area contributed by atoms with Gasteiger partial charge in [0.2, 0.25) is 0 Å². The van der Waals surface area contributed by atoms with E-state index in [2.05, 4.69) is 0 Å². The Hall–Kier alpha value is -0.400. The molecule has 0 bridgehead atoms. The monoisotopic (exact) mass is 382 g/mol. The fraction of sp³-hybridized carbons (Fsp3) is 1.00. The summed E-state index contributed by atoms with van der Waals surface area (Å²) in [6.45, 7) is -1.53. The van der Waals surface area contributed by atoms with Crippen molar-refractivity contribution < 1.29 is 50.3 Å². The van der Waals surface area contributed by atoms with E-state index in [9.17, 15) is 40.9 Å². The highest BCUT2D eigenvalue weighted by atomic mass is 16.6. The van der Waals surface area contributed by atoms with Crippen molar-refractivity contribution in [2.75, 3.05) is 26.4 Å². The molecule has 0 saturated carbocycles. The lowest BCUT2D eigenvalue weighted by molar-refractivity contribution is -0.253. The molecule has 0 amide bonds. The van der Waals surface area contributed by atoms with E-state index < -0.39 is 61.0 Å². The molecule has 10 nitrogen and oxygen atoms in total. The molecule has 0 aromatic heterocycles. The van der Waals surface area contributed by atoms with Crippen LogP contribution in [0, 0.1) is 0 Å². The smallest absolute Gasteiger partial charge is 0.120 e. The predicted molar refractivity (Wildman–Crippen MR) is 86.0 cm³/mol. The quantitative estimate of drug-likeness (QED) is 0.204. The van der Waals surface area contributed by atoms with Crippen LogP contribution in [-0.4, -0.2) is 115 Å². The first-order valence-corrected chi connectivity index (χ1v) is 8.81. The van der Waals surface area contributed by atoms with Gasteiger partial charge in [-0.05, 0) is 12.8 Å². The second-order valence-electron chi connectivity index (χ2n) is 7.28. The average molecular weight is 382 g/mol. The third kappa shape index (κ3) is 4.04. The van der Waals surface area contributed by atoms with Crippen molar-refractivity contribution >= 4 is 0 Å². The third-order valence-corrected chi connectivity index (χ3v) is 5.58. The van der Waals surface area contributed by atoms with Crippen molar-refractivity contribution in [3.63, 3.8) is 0 Å². The summed E-state index contributed by atoms with van der Waals surface area (Å²) in [7, 11) is 0. The minimum atomic E-state index is -1.46. The number of unbranched alkanes of at least 4 members (excludes halogenated alkanes) is 1. The summed E-state index contributed by atoms with van der Waals surface area (Å²) in [5.41, 5.74) is -2.82. The van der Waals surface area contributed by atoms with Gasteiger partial charge in [0.15, 0.2) is 0 Å². The van der Waals surface area contributed by atoms with E-state index in [1.807, 2.05) is 0 Å². The van der Waals surface area contributed by atoms with E-state index in [0.29, 0.717) is 12.8 Å². The van der Waals surface area contributed by atoms with Gasteiger partial charge in [0.1, 0.15) is 47.8 Å². The standard InChI is InChI=1S/C16H30O10/c17-7-15(13(23)11(21)9(19)5-25-15)3-1-2-4-16(8-18)14(24)12(22)10(20)6-26-16/h9-14,17-24H,1-8H2/t9-,10-,11-,12-,13+,14+,15+,16+/m0/s1. The lowest BCUT2D eigenvalue weighted by atomic mass is 9.81. The molecule has 2 saturated heterocycles. The van der Waals surface area contributed by atoms with Gasteiger partial charge in [0.25, 0.3) is 0 Å². The molecule has 154 valence electrons. The van der Waals surface area contributed by atoms with Crippen molar-refractivity contribution in [2.45, 2.75) is 73.5 Å². The van der Waals surface area contributed by atoms with Crippen LogP contribution < -0.4 is 0 Å². The van der Waals surface area contributed by atoms with Crippen molar-refractivity contribution in [2.24, 2.45) is 0 Å². The van der Waals surface area contributed by atoms with Crippen molar-refractivity contribution in [3.05, 3.63) is 0 Å². The van der Waals surface area contributed by atoms with Gasteiger partial charge in [-0.1, -0.05) is 12.8 Å². The molecule has 10 heteroatoms. The van der Waals surface area contributed by atoms with Crippen molar-refractivity contribution in [1.82, 2.24) is 0 Å². The van der Waals surface area contributed by atoms with E-state index in [4.69, 9.17) is 9.47 Å². The minimum absolute atomic E-state index is 0.164. The van der Waals surface area contributed by atoms with Gasteiger partial charge in [-0.2, -0.15) is 0 Å². The first kappa shape index (κ1) is 21.9. The van der Waals surface area contributed by atoms with Crippen LogP contribution in [0.4, 0.5) is 0 Å². The van der Waals surface area contributed by atoms with Crippen LogP contribution in [-0.2, 0) is 9.47 Å². The Morgan fingerprint density at radius 2 is 1.00 bits per heavy atom. The number of ether oxygens (including phenoxy) is 2. The Balaban J connectivity index is 1.92. The molecule has 0 radical (unpaired) electrons. The molecule has 0 aromatic carbocycles. The highest BCUT2D eigenvalue weighted by molar-refractivity contribution is 5.00. The molecule has 2 heterocycles. The van der Waals surface area contributed by atoms with Crippen LogP contribution in [0.2, 0.25) is 0 Å². The lowest BCUT2D eigenvalue weighted by Crippen LogP contribution is -2.63. The van der Waals surface area contributed by atoms with E-state index in [0.717, 1.165) is 0 Å². The summed E-state index contributed by atoms with van der Waals surface area (Å²) in [6, 6.07) is 0. The normalized spacial score (nSPS) is 47.1. The van der Waals surface area contributed by atoms with Gasteiger partial charge in [0, 0.05) is 0 Å². The zero-order chi connectivity index (χ0) is 19.5. The summed E-state index contributed by atoms with van der Waals surface area (Å²) >= 11 is 0. The lowest BCUT2D eigenvalue weighted by Gasteiger charge is -2.45. The molecule has 2 fully saturated rings. The Kier molecular flexibility index (Phi) is 7.36. The van der Waals surface area contributed by atoms with Gasteiger partial charge in [-0.25, -0.2) is 0 Å². The molecule has 0 unspecified atom stereocenters. The summed E-state index contributed by atoms with van der Waals surface area (Å²) in [5, 5.41) is 78.2. The molecular weight excluding hydrogens is 352 g/mol. The number of aliphatic hydroxyl groups excluding tert-OH is 8. The van der Waals surface area contributed by atoms with Gasteiger partial charge in [-0.15, -0.1) is 0 Å². The predicted octanol–water partition coefficient (Wildman–Crippen LogP) is -3.77. The maximum atomic E-state index is 10.1. The maximum Gasteiger partial charge on any atom is 0.120 e. The summed E-state index contributed by atoms with van der Waals surface area (Å²) in [5.74, 6) is 0. The van der Waals surface area contributed by atoms with Crippen LogP contribution in [0.3, 0.4) is 0 Å². The summed E-state index contributed by atoms with van der Waals surface area (Å²) < 4.78 is 10.8. The van der Waals surface area contributed by atoms with E-state index in [-0.39, 0.29) is 26.1 Å². The fourth-order valence-electron chi connectivity index (χ4n) is 3.64. The number of aliphatic hydroxyl groups is 8. The van der Waals surface area contributed by atoms with Gasteiger partial charge in [0.05, 0.1) is 26.4 Å². The van der Waals surface area contributed by atoms with Gasteiger partial charge in [-0.3, -0.25) is 0 Å². The maximum absolute atomic E-state index is 10.1. The number of hydrogen-bond acceptors (Lipinski definition) is 10. The SMILES string of the molecule is OC[C@@]1(CCCC[C@]2(CO)OC[C@H](O)[C@H](O)[C@H]2O)OC[C@H](O)[C@H](O)[C@H]1O. The largest absolute Gasteiger partial charge is 0.393 e. The van der Waals surface area contributed by atoms with Crippen LogP contribution >= 0.6 is 0 Å². The second kappa shape index (κ2) is 8.74. The zero-order valence-corrected chi connectivity index (χ0v) is 14.5. The molecule has 2 aliphatic rings. The van der Waals surface area contributed by atoms with Crippen LogP contribution in [0.15, 0.2) is 0 Å². The first-order valence-electron chi connectivity index (χ1n) is 8.81. The Labute approximate surface area is 151 Å². The number of hydrogen-bond donors (Lipinski definition) is 8. The Bertz CT molecular complexity index is 411. The first-order chi connectivity index (χ1) is 12.2. The van der Waals surface area contributed by atoms with Crippen LogP contribution in [0.5, 0.6) is 0 Å². The molecule has 0 spiro atoms. The molecule has 0 aliphatic carbocycles. The molecule has 8 N–H and O–H groups in total. The zero-order valence-electron chi connectivity index (χ0n) is 14.5. The Morgan fingerprint density at radius 3 is 1.31 bits per heavy atom. The van der Waals surface area contributed by atoms with Gasteiger partial charge >= 0.3 is 0 Å². The molecular formula is C16H30O10. The fourth-order valence-corrected chi connectivity index (χ4v) is 3.64. The second-order valence-corrected chi connectivity index (χ2v) is 7.28. The van der Waals surface area contributed by atoms with Crippen molar-refractivity contribution in [1.29, 1.82) is 0 Å².